The number of benzene rings is 6. The molecule has 0 amide bonds. The molecule has 0 N–H and O–H groups in total. The number of aromatic nitrogens is 2. The highest BCUT2D eigenvalue weighted by molar-refractivity contribution is 7.26. The Balaban J connectivity index is 1.15. The van der Waals surface area contributed by atoms with E-state index in [4.69, 9.17) is 14.4 Å². The van der Waals surface area contributed by atoms with E-state index in [2.05, 4.69) is 123 Å². The molecule has 0 radical (unpaired) electrons. The Morgan fingerprint density at radius 1 is 0.625 bits per heavy atom. The minimum absolute atomic E-state index is 0.132. The van der Waals surface area contributed by atoms with Crippen molar-refractivity contribution in [1.82, 2.24) is 9.97 Å². The first-order chi connectivity index (χ1) is 23.6. The van der Waals surface area contributed by atoms with Gasteiger partial charge in [0.25, 0.3) is 0 Å². The summed E-state index contributed by atoms with van der Waals surface area (Å²) in [5, 5.41) is 3.57. The number of hydrogen-bond donors (Lipinski definition) is 0. The van der Waals surface area contributed by atoms with E-state index in [0.29, 0.717) is 0 Å². The van der Waals surface area contributed by atoms with Gasteiger partial charge in [0.15, 0.2) is 5.82 Å². The van der Waals surface area contributed by atoms with Crippen LogP contribution in [0.3, 0.4) is 0 Å². The van der Waals surface area contributed by atoms with Gasteiger partial charge in [-0.15, -0.1) is 11.3 Å². The predicted octanol–water partition coefficient (Wildman–Crippen LogP) is 12.4. The number of hydrogen-bond acceptors (Lipinski definition) is 4. The fourth-order valence-corrected chi connectivity index (χ4v) is 9.12. The molecular formula is C44H30N2OS. The van der Waals surface area contributed by atoms with Gasteiger partial charge in [0.05, 0.1) is 15.9 Å². The molecule has 0 saturated heterocycles. The predicted molar refractivity (Wildman–Crippen MR) is 201 cm³/mol. The van der Waals surface area contributed by atoms with Crippen LogP contribution in [0, 0.1) is 0 Å². The molecule has 3 nitrogen and oxygen atoms in total. The molecule has 0 saturated carbocycles. The van der Waals surface area contributed by atoms with Crippen LogP contribution in [0.25, 0.3) is 87.1 Å². The molecular weight excluding hydrogens is 605 g/mol. The summed E-state index contributed by atoms with van der Waals surface area (Å²) in [6.45, 7) is 4.72. The zero-order chi connectivity index (χ0) is 32.0. The summed E-state index contributed by atoms with van der Waals surface area (Å²) in [5.41, 5.74) is 13.7. The fraction of sp³-hybridized carbons (Fsp3) is 0.0909. The van der Waals surface area contributed by atoms with Gasteiger partial charge in [-0.3, -0.25) is 0 Å². The third-order valence-corrected chi connectivity index (χ3v) is 11.6. The Morgan fingerprint density at radius 3 is 2.19 bits per heavy atom. The molecule has 4 heteroatoms. The van der Waals surface area contributed by atoms with Crippen LogP contribution in [0.1, 0.15) is 31.4 Å². The molecule has 0 fully saturated rings. The molecule has 1 aliphatic rings. The summed E-state index contributed by atoms with van der Waals surface area (Å²) in [6, 6.07) is 47.5. The highest BCUT2D eigenvalue weighted by Gasteiger charge is 2.41. The standard InChI is InChI=1S/C44H30N2OS/c1-3-44(2)33-24-25-35-38(30-14-7-9-18-34(30)47-35)37(33)32-17-11-16-29(39(32)44)26-20-22-27(23-21-26)40-42-41(31-15-8-10-19-36(31)48-42)46-43(45-40)28-12-5-4-6-13-28/h4-25H,3H2,1-2H3. The maximum atomic E-state index is 6.34. The zero-order valence-electron chi connectivity index (χ0n) is 26.6. The van der Waals surface area contributed by atoms with Crippen LogP contribution in [0.2, 0.25) is 0 Å². The molecule has 1 unspecified atom stereocenters. The Hall–Kier alpha value is -5.58. The molecule has 0 aliphatic heterocycles. The largest absolute Gasteiger partial charge is 0.456 e. The van der Waals surface area contributed by atoms with Gasteiger partial charge in [0, 0.05) is 37.4 Å². The highest BCUT2D eigenvalue weighted by atomic mass is 32.1. The quantitative estimate of drug-likeness (QED) is 0.193. The molecule has 48 heavy (non-hydrogen) atoms. The summed E-state index contributed by atoms with van der Waals surface area (Å²) >= 11 is 1.77. The van der Waals surface area contributed by atoms with Crippen LogP contribution in [0.5, 0.6) is 0 Å². The third kappa shape index (κ3) is 3.81. The summed E-state index contributed by atoms with van der Waals surface area (Å²) in [5.74, 6) is 0.751. The van der Waals surface area contributed by atoms with E-state index in [1.54, 1.807) is 11.3 Å². The van der Waals surface area contributed by atoms with Crippen molar-refractivity contribution in [2.45, 2.75) is 25.7 Å². The van der Waals surface area contributed by atoms with Crippen molar-refractivity contribution in [2.75, 3.05) is 0 Å². The lowest BCUT2D eigenvalue weighted by atomic mass is 9.75. The zero-order valence-corrected chi connectivity index (χ0v) is 27.4. The van der Waals surface area contributed by atoms with E-state index < -0.39 is 0 Å². The third-order valence-electron chi connectivity index (χ3n) is 10.5. The van der Waals surface area contributed by atoms with E-state index in [-0.39, 0.29) is 5.41 Å². The lowest BCUT2D eigenvalue weighted by molar-refractivity contribution is 0.566. The van der Waals surface area contributed by atoms with Gasteiger partial charge < -0.3 is 4.42 Å². The molecule has 6 aromatic carbocycles. The van der Waals surface area contributed by atoms with Gasteiger partial charge in [-0.05, 0) is 58.0 Å². The number of furan rings is 1. The number of para-hydroxylation sites is 1. The van der Waals surface area contributed by atoms with Crippen LogP contribution in [0.15, 0.2) is 138 Å². The van der Waals surface area contributed by atoms with Gasteiger partial charge >= 0.3 is 0 Å². The molecule has 1 atom stereocenters. The number of fused-ring (bicyclic) bond motifs is 10. The van der Waals surface area contributed by atoms with Crippen LogP contribution >= 0.6 is 11.3 Å². The van der Waals surface area contributed by atoms with Crippen molar-refractivity contribution >= 4 is 53.6 Å². The monoisotopic (exact) mass is 634 g/mol. The molecule has 9 aromatic rings. The smallest absolute Gasteiger partial charge is 0.160 e. The van der Waals surface area contributed by atoms with Crippen LogP contribution < -0.4 is 0 Å². The Labute approximate surface area is 282 Å². The first-order valence-electron chi connectivity index (χ1n) is 16.6. The summed E-state index contributed by atoms with van der Waals surface area (Å²) in [4.78, 5) is 10.3. The SMILES string of the molecule is CCC1(C)c2ccc3oc4ccccc4c3c2-c2cccc(-c3ccc(-c4nc(-c5ccccc5)nc5c4sc4ccccc45)cc3)c21. The average Bonchev–Trinajstić information content (AvgIpc) is 3.80. The molecule has 3 heterocycles. The van der Waals surface area contributed by atoms with Crippen molar-refractivity contribution in [3.63, 3.8) is 0 Å². The van der Waals surface area contributed by atoms with Crippen molar-refractivity contribution in [1.29, 1.82) is 0 Å². The van der Waals surface area contributed by atoms with Gasteiger partial charge in [-0.1, -0.05) is 129 Å². The first kappa shape index (κ1) is 27.5. The molecule has 0 bridgehead atoms. The number of thiophene rings is 1. The van der Waals surface area contributed by atoms with Crippen molar-refractivity contribution in [3.8, 4) is 44.9 Å². The minimum Gasteiger partial charge on any atom is -0.456 e. The number of nitrogens with zero attached hydrogens (tertiary/aromatic N) is 2. The molecule has 3 aromatic heterocycles. The van der Waals surface area contributed by atoms with Gasteiger partial charge in [-0.2, -0.15) is 0 Å². The second-order valence-corrected chi connectivity index (χ2v) is 14.0. The van der Waals surface area contributed by atoms with Crippen molar-refractivity contribution in [3.05, 3.63) is 145 Å². The minimum atomic E-state index is -0.132. The van der Waals surface area contributed by atoms with Crippen LogP contribution in [-0.2, 0) is 5.41 Å². The molecule has 1 aliphatic carbocycles. The molecule has 228 valence electrons. The lowest BCUT2D eigenvalue weighted by Gasteiger charge is -2.28. The van der Waals surface area contributed by atoms with Gasteiger partial charge in [-0.25, -0.2) is 9.97 Å². The van der Waals surface area contributed by atoms with Gasteiger partial charge in [0.1, 0.15) is 11.2 Å². The van der Waals surface area contributed by atoms with Crippen molar-refractivity contribution in [2.24, 2.45) is 0 Å². The van der Waals surface area contributed by atoms with E-state index in [0.717, 1.165) is 50.4 Å². The van der Waals surface area contributed by atoms with Crippen LogP contribution in [-0.4, -0.2) is 9.97 Å². The fourth-order valence-electron chi connectivity index (χ4n) is 7.96. The normalized spacial score (nSPS) is 15.5. The Kier molecular flexibility index (Phi) is 5.85. The average molecular weight is 635 g/mol. The van der Waals surface area contributed by atoms with E-state index >= 15 is 0 Å². The second kappa shape index (κ2) is 10.2. The Bertz CT molecular complexity index is 2720. The van der Waals surface area contributed by atoms with Gasteiger partial charge in [0.2, 0.25) is 0 Å². The van der Waals surface area contributed by atoms with Crippen LogP contribution in [0.4, 0.5) is 0 Å². The number of rotatable bonds is 4. The second-order valence-electron chi connectivity index (χ2n) is 13.0. The molecule has 0 spiro atoms. The van der Waals surface area contributed by atoms with E-state index in [9.17, 15) is 0 Å². The van der Waals surface area contributed by atoms with Crippen molar-refractivity contribution < 1.29 is 4.42 Å². The van der Waals surface area contributed by atoms with E-state index in [1.165, 1.54) is 54.2 Å². The maximum Gasteiger partial charge on any atom is 0.160 e. The topological polar surface area (TPSA) is 38.9 Å². The summed E-state index contributed by atoms with van der Waals surface area (Å²) in [7, 11) is 0. The lowest BCUT2D eigenvalue weighted by Crippen LogP contribution is -2.20. The molecule has 10 rings (SSSR count). The van der Waals surface area contributed by atoms with E-state index in [1.807, 2.05) is 24.3 Å². The first-order valence-corrected chi connectivity index (χ1v) is 17.4. The summed E-state index contributed by atoms with van der Waals surface area (Å²) in [6.07, 6.45) is 0.997. The highest BCUT2D eigenvalue weighted by Crippen LogP contribution is 2.57. The maximum absolute atomic E-state index is 6.34. The summed E-state index contributed by atoms with van der Waals surface area (Å²) < 4.78 is 8.69. The Morgan fingerprint density at radius 2 is 1.35 bits per heavy atom.